The van der Waals surface area contributed by atoms with Crippen LogP contribution in [0.25, 0.3) is 0 Å². The van der Waals surface area contributed by atoms with Gasteiger partial charge in [0.1, 0.15) is 0 Å². The van der Waals surface area contributed by atoms with E-state index in [0.717, 1.165) is 12.5 Å². The Morgan fingerprint density at radius 1 is 1.42 bits per heavy atom. The van der Waals surface area contributed by atoms with Crippen LogP contribution in [0.1, 0.15) is 18.9 Å². The van der Waals surface area contributed by atoms with Crippen molar-refractivity contribution in [1.82, 2.24) is 0 Å². The van der Waals surface area contributed by atoms with Gasteiger partial charge in [0.25, 0.3) is 0 Å². The summed E-state index contributed by atoms with van der Waals surface area (Å²) in [5.74, 6) is -3.83. The van der Waals surface area contributed by atoms with Crippen LogP contribution >= 0.6 is 0 Å². The van der Waals surface area contributed by atoms with Crippen molar-refractivity contribution in [2.24, 2.45) is 0 Å². The van der Waals surface area contributed by atoms with Crippen molar-refractivity contribution in [1.29, 1.82) is 0 Å². The molecule has 0 amide bonds. The molecule has 1 fully saturated rings. The molecular weight excluding hydrogens is 258 g/mol. The molecular formula is C13H14F2O4. The third-order valence-corrected chi connectivity index (χ3v) is 2.60. The van der Waals surface area contributed by atoms with Gasteiger partial charge in [-0.25, -0.2) is 8.78 Å². The maximum atomic E-state index is 13.6. The standard InChI is InChI=1S/C13H14F2O4/c1-9(16)18-11-7-13(14,15)12(19-11)17-8-10-5-3-2-4-6-10/h2-6,11-12H,7-8H2,1H3. The molecule has 2 rings (SSSR count). The Bertz CT molecular complexity index is 436. The molecule has 1 saturated heterocycles. The summed E-state index contributed by atoms with van der Waals surface area (Å²) >= 11 is 0. The van der Waals surface area contributed by atoms with Crippen LogP contribution in [0.2, 0.25) is 0 Å². The number of esters is 1. The number of carbonyl (C=O) groups is 1. The van der Waals surface area contributed by atoms with Gasteiger partial charge in [0.05, 0.1) is 13.0 Å². The van der Waals surface area contributed by atoms with E-state index in [-0.39, 0.29) is 6.61 Å². The normalized spacial score (nSPS) is 25.2. The summed E-state index contributed by atoms with van der Waals surface area (Å²) in [5, 5.41) is 0. The van der Waals surface area contributed by atoms with E-state index in [9.17, 15) is 13.6 Å². The number of alkyl halides is 2. The first kappa shape index (κ1) is 13.9. The van der Waals surface area contributed by atoms with Crippen LogP contribution < -0.4 is 0 Å². The number of rotatable bonds is 4. The molecule has 0 saturated carbocycles. The van der Waals surface area contributed by atoms with Gasteiger partial charge in [0.2, 0.25) is 12.6 Å². The van der Waals surface area contributed by atoms with Crippen molar-refractivity contribution in [2.45, 2.75) is 38.5 Å². The van der Waals surface area contributed by atoms with E-state index in [1.807, 2.05) is 6.07 Å². The molecule has 0 N–H and O–H groups in total. The fourth-order valence-corrected chi connectivity index (χ4v) is 1.77. The zero-order valence-corrected chi connectivity index (χ0v) is 10.3. The molecule has 1 heterocycles. The van der Waals surface area contributed by atoms with E-state index in [0.29, 0.717) is 0 Å². The summed E-state index contributed by atoms with van der Waals surface area (Å²) in [4.78, 5) is 10.7. The van der Waals surface area contributed by atoms with Gasteiger partial charge in [-0.15, -0.1) is 0 Å². The van der Waals surface area contributed by atoms with Crippen molar-refractivity contribution < 1.29 is 27.8 Å². The summed E-state index contributed by atoms with van der Waals surface area (Å²) in [6.45, 7) is 1.15. The van der Waals surface area contributed by atoms with Crippen molar-refractivity contribution in [3.63, 3.8) is 0 Å². The maximum absolute atomic E-state index is 13.6. The number of halogens is 2. The van der Waals surface area contributed by atoms with E-state index >= 15 is 0 Å². The molecule has 0 radical (unpaired) electrons. The minimum atomic E-state index is -3.17. The van der Waals surface area contributed by atoms with E-state index in [1.165, 1.54) is 0 Å². The molecule has 2 atom stereocenters. The van der Waals surface area contributed by atoms with E-state index in [1.54, 1.807) is 24.3 Å². The first-order chi connectivity index (χ1) is 8.97. The van der Waals surface area contributed by atoms with Crippen LogP contribution in [0.4, 0.5) is 8.78 Å². The lowest BCUT2D eigenvalue weighted by molar-refractivity contribution is -0.244. The third kappa shape index (κ3) is 3.71. The second-order valence-electron chi connectivity index (χ2n) is 4.27. The molecule has 0 aromatic heterocycles. The average Bonchev–Trinajstić information content (AvgIpc) is 2.61. The minimum Gasteiger partial charge on any atom is -0.436 e. The molecule has 1 aromatic carbocycles. The van der Waals surface area contributed by atoms with Gasteiger partial charge in [-0.2, -0.15) is 0 Å². The Morgan fingerprint density at radius 2 is 2.11 bits per heavy atom. The number of benzene rings is 1. The molecule has 0 bridgehead atoms. The summed E-state index contributed by atoms with van der Waals surface area (Å²) in [5.41, 5.74) is 0.762. The molecule has 19 heavy (non-hydrogen) atoms. The van der Waals surface area contributed by atoms with Crippen molar-refractivity contribution in [3.8, 4) is 0 Å². The van der Waals surface area contributed by atoms with Crippen LogP contribution in [0, 0.1) is 0 Å². The zero-order chi connectivity index (χ0) is 13.9. The van der Waals surface area contributed by atoms with E-state index in [2.05, 4.69) is 4.74 Å². The van der Waals surface area contributed by atoms with Gasteiger partial charge in [-0.3, -0.25) is 4.79 Å². The van der Waals surface area contributed by atoms with Gasteiger partial charge in [-0.05, 0) is 5.56 Å². The molecule has 6 heteroatoms. The summed E-state index contributed by atoms with van der Waals surface area (Å²) < 4.78 is 41.7. The summed E-state index contributed by atoms with van der Waals surface area (Å²) in [6.07, 6.45) is -3.64. The Balaban J connectivity index is 1.91. The Labute approximate surface area is 109 Å². The first-order valence-corrected chi connectivity index (χ1v) is 5.83. The molecule has 1 aliphatic heterocycles. The van der Waals surface area contributed by atoms with Crippen molar-refractivity contribution in [3.05, 3.63) is 35.9 Å². The number of hydrogen-bond donors (Lipinski definition) is 0. The highest BCUT2D eigenvalue weighted by Gasteiger charge is 2.52. The molecule has 1 aromatic rings. The molecule has 2 unspecified atom stereocenters. The molecule has 0 aliphatic carbocycles. The fraction of sp³-hybridized carbons (Fsp3) is 0.462. The lowest BCUT2D eigenvalue weighted by Gasteiger charge is -2.17. The van der Waals surface area contributed by atoms with Crippen LogP contribution in [0.15, 0.2) is 30.3 Å². The predicted molar refractivity (Wildman–Crippen MR) is 61.2 cm³/mol. The van der Waals surface area contributed by atoms with Crippen molar-refractivity contribution in [2.75, 3.05) is 0 Å². The zero-order valence-electron chi connectivity index (χ0n) is 10.3. The monoisotopic (exact) mass is 272 g/mol. The Morgan fingerprint density at radius 3 is 2.74 bits per heavy atom. The predicted octanol–water partition coefficient (Wildman–Crippen LogP) is 2.47. The van der Waals surface area contributed by atoms with Crippen LogP contribution in [0.3, 0.4) is 0 Å². The lowest BCUT2D eigenvalue weighted by atomic mass is 10.2. The van der Waals surface area contributed by atoms with Crippen molar-refractivity contribution >= 4 is 5.97 Å². The summed E-state index contributed by atoms with van der Waals surface area (Å²) in [6, 6.07) is 8.91. The largest absolute Gasteiger partial charge is 0.436 e. The number of ether oxygens (including phenoxy) is 3. The first-order valence-electron chi connectivity index (χ1n) is 5.83. The van der Waals surface area contributed by atoms with Gasteiger partial charge < -0.3 is 14.2 Å². The quantitative estimate of drug-likeness (QED) is 0.790. The second kappa shape index (κ2) is 5.63. The Hall–Kier alpha value is -1.53. The fourth-order valence-electron chi connectivity index (χ4n) is 1.77. The Kier molecular flexibility index (Phi) is 4.11. The summed E-state index contributed by atoms with van der Waals surface area (Å²) in [7, 11) is 0. The molecule has 1 aliphatic rings. The highest BCUT2D eigenvalue weighted by Crippen LogP contribution is 2.37. The lowest BCUT2D eigenvalue weighted by Crippen LogP contribution is -2.30. The highest BCUT2D eigenvalue weighted by molar-refractivity contribution is 5.66. The van der Waals surface area contributed by atoms with Gasteiger partial charge >= 0.3 is 11.9 Å². The van der Waals surface area contributed by atoms with E-state index < -0.39 is 30.9 Å². The highest BCUT2D eigenvalue weighted by atomic mass is 19.3. The maximum Gasteiger partial charge on any atom is 0.304 e. The van der Waals surface area contributed by atoms with Gasteiger partial charge in [0, 0.05) is 6.92 Å². The van der Waals surface area contributed by atoms with E-state index in [4.69, 9.17) is 9.47 Å². The van der Waals surface area contributed by atoms with Gasteiger partial charge in [-0.1, -0.05) is 30.3 Å². The molecule has 104 valence electrons. The van der Waals surface area contributed by atoms with Crippen LogP contribution in [0.5, 0.6) is 0 Å². The number of hydrogen-bond acceptors (Lipinski definition) is 4. The number of carbonyl (C=O) groups excluding carboxylic acids is 1. The smallest absolute Gasteiger partial charge is 0.304 e. The average molecular weight is 272 g/mol. The van der Waals surface area contributed by atoms with Crippen LogP contribution in [-0.2, 0) is 25.6 Å². The van der Waals surface area contributed by atoms with Gasteiger partial charge in [0.15, 0.2) is 0 Å². The second-order valence-corrected chi connectivity index (χ2v) is 4.27. The SMILES string of the molecule is CC(=O)OC1CC(F)(F)C(OCc2ccccc2)O1. The van der Waals surface area contributed by atoms with Crippen LogP contribution in [-0.4, -0.2) is 24.5 Å². The molecule has 4 nitrogen and oxygen atoms in total. The third-order valence-electron chi connectivity index (χ3n) is 2.60. The minimum absolute atomic E-state index is 0.00783. The topological polar surface area (TPSA) is 44.8 Å². The molecule has 0 spiro atoms.